The van der Waals surface area contributed by atoms with Gasteiger partial charge in [0.15, 0.2) is 0 Å². The predicted molar refractivity (Wildman–Crippen MR) is 145 cm³/mol. The van der Waals surface area contributed by atoms with Crippen LogP contribution in [0.1, 0.15) is 142 Å². The van der Waals surface area contributed by atoms with Crippen molar-refractivity contribution in [2.24, 2.45) is 0 Å². The lowest BCUT2D eigenvalue weighted by atomic mass is 10.0. The fraction of sp³-hybridized carbons (Fsp3) is 0.929. The van der Waals surface area contributed by atoms with Crippen LogP contribution in [0.3, 0.4) is 0 Å². The van der Waals surface area contributed by atoms with Crippen LogP contribution in [0.5, 0.6) is 0 Å². The van der Waals surface area contributed by atoms with Crippen molar-refractivity contribution < 1.29 is 19.1 Å². The maximum absolute atomic E-state index is 11.4. The lowest BCUT2D eigenvalue weighted by molar-refractivity contribution is -0.144. The Balaban J connectivity index is 3.13. The van der Waals surface area contributed by atoms with Gasteiger partial charge < -0.3 is 9.47 Å². The Kier molecular flexibility index (Phi) is 25.2. The van der Waals surface area contributed by atoms with Crippen LogP contribution in [-0.2, 0) is 19.1 Å². The highest BCUT2D eigenvalue weighted by molar-refractivity contribution is 6.21. The minimum Gasteiger partial charge on any atom is -0.466 e. The maximum Gasteiger partial charge on any atom is 0.307 e. The molecule has 0 N–H and O–H groups in total. The van der Waals surface area contributed by atoms with E-state index in [4.69, 9.17) is 32.7 Å². The SMILES string of the molecule is CC(Cl)CC(=O)OCCCCCCCCCCCCCCCCCCCCOC(=O)CC(C)Cl. The molecule has 0 aliphatic rings. The molecule has 0 radical (unpaired) electrons. The molecule has 202 valence electrons. The first-order valence-corrected chi connectivity index (χ1v) is 14.9. The van der Waals surface area contributed by atoms with Crippen LogP contribution >= 0.6 is 23.2 Å². The Hall–Kier alpha value is -0.480. The van der Waals surface area contributed by atoms with Crippen molar-refractivity contribution in [1.29, 1.82) is 0 Å². The monoisotopic (exact) mass is 522 g/mol. The molecule has 0 aromatic heterocycles. The van der Waals surface area contributed by atoms with E-state index in [1.54, 1.807) is 0 Å². The molecule has 2 unspecified atom stereocenters. The summed E-state index contributed by atoms with van der Waals surface area (Å²) in [6, 6.07) is 0. The highest BCUT2D eigenvalue weighted by Crippen LogP contribution is 2.14. The first kappa shape index (κ1) is 33.5. The molecular weight excluding hydrogens is 471 g/mol. The summed E-state index contributed by atoms with van der Waals surface area (Å²) in [4.78, 5) is 22.7. The van der Waals surface area contributed by atoms with Crippen LogP contribution < -0.4 is 0 Å². The fourth-order valence-electron chi connectivity index (χ4n) is 3.98. The molecule has 0 aliphatic heterocycles. The Morgan fingerprint density at radius 3 is 0.882 bits per heavy atom. The molecule has 6 heteroatoms. The molecule has 0 aromatic carbocycles. The molecule has 0 saturated carbocycles. The van der Waals surface area contributed by atoms with Gasteiger partial charge in [-0.05, 0) is 26.7 Å². The molecule has 0 aliphatic carbocycles. The lowest BCUT2D eigenvalue weighted by Crippen LogP contribution is -2.10. The van der Waals surface area contributed by atoms with Gasteiger partial charge in [-0.2, -0.15) is 0 Å². The molecule has 0 fully saturated rings. The van der Waals surface area contributed by atoms with Crippen molar-refractivity contribution in [2.45, 2.75) is 153 Å². The molecule has 0 bridgehead atoms. The average molecular weight is 524 g/mol. The van der Waals surface area contributed by atoms with Gasteiger partial charge in [0.25, 0.3) is 0 Å². The Bertz CT molecular complexity index is 427. The molecule has 0 aromatic rings. The van der Waals surface area contributed by atoms with E-state index in [9.17, 15) is 9.59 Å². The molecular formula is C28H52Cl2O4. The molecule has 2 atom stereocenters. The van der Waals surface area contributed by atoms with E-state index in [0.29, 0.717) is 26.1 Å². The van der Waals surface area contributed by atoms with Gasteiger partial charge in [-0.1, -0.05) is 103 Å². The van der Waals surface area contributed by atoms with E-state index in [1.807, 2.05) is 13.8 Å². The number of alkyl halides is 2. The minimum absolute atomic E-state index is 0.142. The third-order valence-corrected chi connectivity index (χ3v) is 6.27. The van der Waals surface area contributed by atoms with Crippen molar-refractivity contribution in [3.8, 4) is 0 Å². The maximum atomic E-state index is 11.4. The second-order valence-corrected chi connectivity index (χ2v) is 11.3. The largest absolute Gasteiger partial charge is 0.466 e. The van der Waals surface area contributed by atoms with E-state index in [-0.39, 0.29) is 22.7 Å². The van der Waals surface area contributed by atoms with Crippen molar-refractivity contribution in [3.63, 3.8) is 0 Å². The number of hydrogen-bond acceptors (Lipinski definition) is 4. The zero-order valence-electron chi connectivity index (χ0n) is 22.1. The summed E-state index contributed by atoms with van der Waals surface area (Å²) in [6.07, 6.45) is 23.5. The van der Waals surface area contributed by atoms with Gasteiger partial charge in [-0.15, -0.1) is 23.2 Å². The highest BCUT2D eigenvalue weighted by atomic mass is 35.5. The summed E-state index contributed by atoms with van der Waals surface area (Å²) in [6.45, 7) is 4.70. The third kappa shape index (κ3) is 27.8. The molecule has 0 saturated heterocycles. The first-order chi connectivity index (χ1) is 16.4. The van der Waals surface area contributed by atoms with Gasteiger partial charge >= 0.3 is 11.9 Å². The number of ether oxygens (including phenoxy) is 2. The van der Waals surface area contributed by atoms with Crippen LogP contribution in [0.2, 0.25) is 0 Å². The van der Waals surface area contributed by atoms with Crippen LogP contribution in [0.25, 0.3) is 0 Å². The number of rotatable bonds is 25. The van der Waals surface area contributed by atoms with Crippen LogP contribution in [0.15, 0.2) is 0 Å². The number of hydrogen-bond donors (Lipinski definition) is 0. The summed E-state index contributed by atoms with van der Waals surface area (Å²) in [5.74, 6) is -0.353. The summed E-state index contributed by atoms with van der Waals surface area (Å²) in [5.41, 5.74) is 0. The van der Waals surface area contributed by atoms with Crippen molar-refractivity contribution in [1.82, 2.24) is 0 Å². The fourth-order valence-corrected chi connectivity index (χ4v) is 4.23. The van der Waals surface area contributed by atoms with Gasteiger partial charge in [0.05, 0.1) is 26.1 Å². The van der Waals surface area contributed by atoms with Crippen molar-refractivity contribution in [3.05, 3.63) is 0 Å². The Morgan fingerprint density at radius 2 is 0.676 bits per heavy atom. The highest BCUT2D eigenvalue weighted by Gasteiger charge is 2.07. The van der Waals surface area contributed by atoms with Crippen LogP contribution in [0.4, 0.5) is 0 Å². The average Bonchev–Trinajstić information content (AvgIpc) is 2.76. The van der Waals surface area contributed by atoms with Gasteiger partial charge in [-0.3, -0.25) is 9.59 Å². The molecule has 34 heavy (non-hydrogen) atoms. The number of carbonyl (C=O) groups excluding carboxylic acids is 2. The second-order valence-electron chi connectivity index (χ2n) is 9.77. The van der Waals surface area contributed by atoms with E-state index in [2.05, 4.69) is 0 Å². The van der Waals surface area contributed by atoms with Gasteiger partial charge in [0.1, 0.15) is 0 Å². The van der Waals surface area contributed by atoms with Crippen molar-refractivity contribution in [2.75, 3.05) is 13.2 Å². The lowest BCUT2D eigenvalue weighted by Gasteiger charge is -2.06. The summed E-state index contributed by atoms with van der Waals surface area (Å²) < 4.78 is 10.3. The number of esters is 2. The normalized spacial score (nSPS) is 12.9. The quantitative estimate of drug-likeness (QED) is 0.0680. The topological polar surface area (TPSA) is 52.6 Å². The number of halogens is 2. The van der Waals surface area contributed by atoms with Gasteiger partial charge in [0, 0.05) is 10.8 Å². The van der Waals surface area contributed by atoms with Gasteiger partial charge in [0.2, 0.25) is 0 Å². The van der Waals surface area contributed by atoms with E-state index in [1.165, 1.54) is 89.9 Å². The predicted octanol–water partition coefficient (Wildman–Crippen LogP) is 9.13. The van der Waals surface area contributed by atoms with E-state index >= 15 is 0 Å². The molecule has 0 heterocycles. The summed E-state index contributed by atoms with van der Waals surface area (Å²) >= 11 is 11.5. The second kappa shape index (κ2) is 25.6. The van der Waals surface area contributed by atoms with E-state index in [0.717, 1.165) is 25.7 Å². The zero-order valence-corrected chi connectivity index (χ0v) is 23.6. The number of unbranched alkanes of at least 4 members (excludes halogenated alkanes) is 17. The summed E-state index contributed by atoms with van der Waals surface area (Å²) in [5, 5.41) is -0.284. The Labute approximate surface area is 220 Å². The summed E-state index contributed by atoms with van der Waals surface area (Å²) in [7, 11) is 0. The molecule has 0 spiro atoms. The standard InChI is InChI=1S/C28H52Cl2O4/c1-25(29)23-27(31)33-21-19-17-15-13-11-9-7-5-3-4-6-8-10-12-14-16-18-20-22-34-28(32)24-26(2)30/h25-26H,3-24H2,1-2H3. The zero-order chi connectivity index (χ0) is 25.3. The Morgan fingerprint density at radius 1 is 0.471 bits per heavy atom. The van der Waals surface area contributed by atoms with Crippen LogP contribution in [0, 0.1) is 0 Å². The molecule has 0 rings (SSSR count). The third-order valence-electron chi connectivity index (χ3n) is 5.96. The molecule has 4 nitrogen and oxygen atoms in total. The van der Waals surface area contributed by atoms with Crippen LogP contribution in [-0.4, -0.2) is 35.9 Å². The molecule has 0 amide bonds. The minimum atomic E-state index is -0.177. The smallest absolute Gasteiger partial charge is 0.307 e. The van der Waals surface area contributed by atoms with E-state index < -0.39 is 0 Å². The van der Waals surface area contributed by atoms with Crippen molar-refractivity contribution >= 4 is 35.1 Å². The number of carbonyl (C=O) groups is 2. The van der Waals surface area contributed by atoms with Gasteiger partial charge in [-0.25, -0.2) is 0 Å². The first-order valence-electron chi connectivity index (χ1n) is 14.0.